The molecule has 2 aliphatic heterocycles. The van der Waals surface area contributed by atoms with Crippen LogP contribution in [-0.4, -0.2) is 48.8 Å². The highest BCUT2D eigenvalue weighted by atomic mass is 16.5. The normalized spacial score (nSPS) is 34.8. The molecule has 2 heterocycles. The molecule has 2 rings (SSSR count). The first kappa shape index (κ1) is 13.3. The van der Waals surface area contributed by atoms with E-state index in [0.29, 0.717) is 17.6 Å². The molecule has 1 N–H and O–H groups in total. The van der Waals surface area contributed by atoms with Gasteiger partial charge in [-0.15, -0.1) is 0 Å². The standard InChI is InChI=1S/C14H28N2O/c1-4-5-13-11-16(12(2)10-15-13)14(3)6-8-17-9-7-14/h12-13,15H,4-11H2,1-3H3. The summed E-state index contributed by atoms with van der Waals surface area (Å²) in [5.74, 6) is 0. The molecule has 2 fully saturated rings. The number of rotatable bonds is 3. The van der Waals surface area contributed by atoms with Crippen molar-refractivity contribution in [2.45, 2.75) is 64.1 Å². The smallest absolute Gasteiger partial charge is 0.0483 e. The fraction of sp³-hybridized carbons (Fsp3) is 1.00. The second-order valence-corrected chi connectivity index (χ2v) is 6.00. The molecular weight excluding hydrogens is 212 g/mol. The average Bonchev–Trinajstić information content (AvgIpc) is 2.33. The second-order valence-electron chi connectivity index (χ2n) is 6.00. The third-order valence-electron chi connectivity index (χ3n) is 4.55. The average molecular weight is 240 g/mol. The van der Waals surface area contributed by atoms with Gasteiger partial charge in [-0.1, -0.05) is 13.3 Å². The predicted molar refractivity (Wildman–Crippen MR) is 71.3 cm³/mol. The fourth-order valence-corrected chi connectivity index (χ4v) is 3.32. The van der Waals surface area contributed by atoms with Crippen LogP contribution in [0.15, 0.2) is 0 Å². The molecule has 100 valence electrons. The van der Waals surface area contributed by atoms with E-state index in [1.807, 2.05) is 0 Å². The fourth-order valence-electron chi connectivity index (χ4n) is 3.32. The first-order chi connectivity index (χ1) is 8.15. The summed E-state index contributed by atoms with van der Waals surface area (Å²) in [6.07, 6.45) is 4.96. The summed E-state index contributed by atoms with van der Waals surface area (Å²) in [6.45, 7) is 11.3. The number of piperazine rings is 1. The van der Waals surface area contributed by atoms with E-state index < -0.39 is 0 Å². The Hall–Kier alpha value is -0.120. The van der Waals surface area contributed by atoms with E-state index in [0.717, 1.165) is 19.8 Å². The molecule has 0 saturated carbocycles. The van der Waals surface area contributed by atoms with Crippen LogP contribution in [0.3, 0.4) is 0 Å². The summed E-state index contributed by atoms with van der Waals surface area (Å²) in [5.41, 5.74) is 0.367. The molecule has 2 atom stereocenters. The molecule has 17 heavy (non-hydrogen) atoms. The van der Waals surface area contributed by atoms with Crippen molar-refractivity contribution >= 4 is 0 Å². The molecule has 0 aliphatic carbocycles. The van der Waals surface area contributed by atoms with Gasteiger partial charge in [0.2, 0.25) is 0 Å². The molecule has 0 radical (unpaired) electrons. The third-order valence-corrected chi connectivity index (χ3v) is 4.55. The highest BCUT2D eigenvalue weighted by Crippen LogP contribution is 2.31. The Balaban J connectivity index is 2.00. The van der Waals surface area contributed by atoms with Gasteiger partial charge in [0.25, 0.3) is 0 Å². The van der Waals surface area contributed by atoms with Gasteiger partial charge in [0.1, 0.15) is 0 Å². The lowest BCUT2D eigenvalue weighted by Crippen LogP contribution is -2.63. The van der Waals surface area contributed by atoms with Crippen LogP contribution >= 0.6 is 0 Å². The van der Waals surface area contributed by atoms with Crippen LogP contribution < -0.4 is 5.32 Å². The van der Waals surface area contributed by atoms with Crippen molar-refractivity contribution in [2.24, 2.45) is 0 Å². The van der Waals surface area contributed by atoms with E-state index in [9.17, 15) is 0 Å². The zero-order chi connectivity index (χ0) is 12.3. The lowest BCUT2D eigenvalue weighted by atomic mass is 9.87. The maximum atomic E-state index is 5.52. The first-order valence-electron chi connectivity index (χ1n) is 7.23. The minimum Gasteiger partial charge on any atom is -0.381 e. The van der Waals surface area contributed by atoms with Crippen molar-refractivity contribution < 1.29 is 4.74 Å². The van der Waals surface area contributed by atoms with Crippen LogP contribution in [-0.2, 0) is 4.74 Å². The van der Waals surface area contributed by atoms with Crippen LogP contribution in [0.2, 0.25) is 0 Å². The topological polar surface area (TPSA) is 24.5 Å². The molecule has 3 heteroatoms. The van der Waals surface area contributed by atoms with E-state index in [4.69, 9.17) is 4.74 Å². The number of nitrogens with one attached hydrogen (secondary N) is 1. The predicted octanol–water partition coefficient (Wildman–Crippen LogP) is 2.02. The molecule has 0 aromatic heterocycles. The van der Waals surface area contributed by atoms with Crippen molar-refractivity contribution in [3.05, 3.63) is 0 Å². The van der Waals surface area contributed by atoms with Crippen LogP contribution in [0.4, 0.5) is 0 Å². The summed E-state index contributed by atoms with van der Waals surface area (Å²) >= 11 is 0. The van der Waals surface area contributed by atoms with Crippen LogP contribution in [0.1, 0.15) is 46.5 Å². The molecule has 0 amide bonds. The van der Waals surface area contributed by atoms with Gasteiger partial charge in [-0.25, -0.2) is 0 Å². The minimum absolute atomic E-state index is 0.367. The maximum absolute atomic E-state index is 5.52. The van der Waals surface area contributed by atoms with E-state index in [1.165, 1.54) is 32.2 Å². The van der Waals surface area contributed by atoms with E-state index in [-0.39, 0.29) is 0 Å². The Labute approximate surface area is 106 Å². The van der Waals surface area contributed by atoms with Gasteiger partial charge in [0, 0.05) is 43.9 Å². The van der Waals surface area contributed by atoms with Gasteiger partial charge in [0.05, 0.1) is 0 Å². The number of hydrogen-bond acceptors (Lipinski definition) is 3. The molecule has 2 aliphatic rings. The lowest BCUT2D eigenvalue weighted by molar-refractivity contribution is -0.0501. The minimum atomic E-state index is 0.367. The second kappa shape index (κ2) is 5.68. The first-order valence-corrected chi connectivity index (χ1v) is 7.23. The maximum Gasteiger partial charge on any atom is 0.0483 e. The van der Waals surface area contributed by atoms with Crippen molar-refractivity contribution in [1.82, 2.24) is 10.2 Å². The van der Waals surface area contributed by atoms with Crippen molar-refractivity contribution in [1.29, 1.82) is 0 Å². The van der Waals surface area contributed by atoms with Gasteiger partial charge in [0.15, 0.2) is 0 Å². The van der Waals surface area contributed by atoms with Crippen LogP contribution in [0.25, 0.3) is 0 Å². The summed E-state index contributed by atoms with van der Waals surface area (Å²) < 4.78 is 5.52. The Morgan fingerprint density at radius 2 is 2.06 bits per heavy atom. The largest absolute Gasteiger partial charge is 0.381 e. The molecule has 0 spiro atoms. The Kier molecular flexibility index (Phi) is 4.45. The van der Waals surface area contributed by atoms with Crippen molar-refractivity contribution in [2.75, 3.05) is 26.3 Å². The van der Waals surface area contributed by atoms with Crippen molar-refractivity contribution in [3.8, 4) is 0 Å². The Morgan fingerprint density at radius 1 is 1.35 bits per heavy atom. The van der Waals surface area contributed by atoms with Gasteiger partial charge < -0.3 is 10.1 Å². The van der Waals surface area contributed by atoms with E-state index in [1.54, 1.807) is 0 Å². The van der Waals surface area contributed by atoms with Crippen LogP contribution in [0, 0.1) is 0 Å². The van der Waals surface area contributed by atoms with Gasteiger partial charge >= 0.3 is 0 Å². The highest BCUT2D eigenvalue weighted by Gasteiger charge is 2.39. The molecule has 0 aromatic carbocycles. The molecule has 2 saturated heterocycles. The number of ether oxygens (including phenoxy) is 1. The zero-order valence-electron chi connectivity index (χ0n) is 11.7. The molecule has 0 aromatic rings. The zero-order valence-corrected chi connectivity index (χ0v) is 11.7. The summed E-state index contributed by atoms with van der Waals surface area (Å²) in [7, 11) is 0. The number of hydrogen-bond donors (Lipinski definition) is 1. The summed E-state index contributed by atoms with van der Waals surface area (Å²) in [4.78, 5) is 2.74. The van der Waals surface area contributed by atoms with Crippen molar-refractivity contribution in [3.63, 3.8) is 0 Å². The molecule has 2 unspecified atom stereocenters. The lowest BCUT2D eigenvalue weighted by Gasteiger charge is -2.51. The van der Waals surface area contributed by atoms with Gasteiger partial charge in [-0.05, 0) is 33.1 Å². The Bertz CT molecular complexity index is 238. The molecular formula is C14H28N2O. The highest BCUT2D eigenvalue weighted by molar-refractivity contribution is 4.96. The molecule has 3 nitrogen and oxygen atoms in total. The van der Waals surface area contributed by atoms with E-state index >= 15 is 0 Å². The van der Waals surface area contributed by atoms with Gasteiger partial charge in [-0.2, -0.15) is 0 Å². The Morgan fingerprint density at radius 3 is 2.71 bits per heavy atom. The van der Waals surface area contributed by atoms with Gasteiger partial charge in [-0.3, -0.25) is 4.90 Å². The monoisotopic (exact) mass is 240 g/mol. The summed E-state index contributed by atoms with van der Waals surface area (Å²) in [5, 5.41) is 3.68. The third kappa shape index (κ3) is 3.01. The number of nitrogens with zero attached hydrogens (tertiary/aromatic N) is 1. The SMILES string of the molecule is CCCC1CN(C2(C)CCOCC2)C(C)CN1. The van der Waals surface area contributed by atoms with Crippen LogP contribution in [0.5, 0.6) is 0 Å². The van der Waals surface area contributed by atoms with E-state index in [2.05, 4.69) is 31.0 Å². The quantitative estimate of drug-likeness (QED) is 0.817. The molecule has 0 bridgehead atoms. The summed E-state index contributed by atoms with van der Waals surface area (Å²) in [6, 6.07) is 1.35.